The number of hydrogen-bond acceptors (Lipinski definition) is 2. The molecule has 1 heterocycles. The van der Waals surface area contributed by atoms with E-state index in [2.05, 4.69) is 22.7 Å². The average molecular weight is 330 g/mol. The van der Waals surface area contributed by atoms with Gasteiger partial charge < -0.3 is 10.6 Å². The molecule has 2 amide bonds. The predicted octanol–water partition coefficient (Wildman–Crippen LogP) is 2.72. The molecule has 0 aliphatic heterocycles. The second kappa shape index (κ2) is 7.03. The number of rotatable bonds is 4. The Kier molecular flexibility index (Phi) is 4.83. The van der Waals surface area contributed by atoms with Crippen molar-refractivity contribution >= 4 is 6.03 Å². The van der Waals surface area contributed by atoms with Crippen LogP contribution in [0.5, 0.6) is 0 Å². The molecule has 0 unspecified atom stereocenters. The van der Waals surface area contributed by atoms with E-state index in [4.69, 9.17) is 0 Å². The van der Waals surface area contributed by atoms with E-state index in [0.29, 0.717) is 6.54 Å². The number of halogens is 1. The van der Waals surface area contributed by atoms with Crippen LogP contribution in [0.15, 0.2) is 30.6 Å². The van der Waals surface area contributed by atoms with Crippen LogP contribution in [0, 0.1) is 11.7 Å². The summed E-state index contributed by atoms with van der Waals surface area (Å²) in [5, 5.41) is 9.98. The maximum Gasteiger partial charge on any atom is 0.315 e. The summed E-state index contributed by atoms with van der Waals surface area (Å²) in [4.78, 5) is 12.2. The Morgan fingerprint density at radius 3 is 3.04 bits per heavy atom. The fourth-order valence-corrected chi connectivity index (χ4v) is 3.31. The zero-order chi connectivity index (χ0) is 17.1. The third kappa shape index (κ3) is 3.58. The van der Waals surface area contributed by atoms with Gasteiger partial charge in [0.15, 0.2) is 0 Å². The van der Waals surface area contributed by atoms with Crippen molar-refractivity contribution in [2.45, 2.75) is 32.2 Å². The lowest BCUT2D eigenvalue weighted by Crippen LogP contribution is -2.42. The Balaban J connectivity index is 1.59. The van der Waals surface area contributed by atoms with Crippen molar-refractivity contribution in [1.29, 1.82) is 0 Å². The van der Waals surface area contributed by atoms with Gasteiger partial charge in [-0.3, -0.25) is 4.68 Å². The molecule has 5 nitrogen and oxygen atoms in total. The molecular weight excluding hydrogens is 307 g/mol. The highest BCUT2D eigenvalue weighted by atomic mass is 19.1. The number of nitrogens with one attached hydrogen (secondary N) is 2. The average Bonchev–Trinajstić information content (AvgIpc) is 2.96. The molecule has 128 valence electrons. The lowest BCUT2D eigenvalue weighted by Gasteiger charge is -2.32. The Labute approximate surface area is 141 Å². The molecule has 0 bridgehead atoms. The molecule has 0 saturated carbocycles. The number of benzene rings is 1. The highest BCUT2D eigenvalue weighted by Gasteiger charge is 2.29. The molecule has 24 heavy (non-hydrogen) atoms. The van der Waals surface area contributed by atoms with Gasteiger partial charge in [0.2, 0.25) is 0 Å². The normalized spacial score (nSPS) is 19.6. The second-order valence-corrected chi connectivity index (χ2v) is 6.47. The number of urea groups is 1. The number of aromatic nitrogens is 2. The Bertz CT molecular complexity index is 728. The molecule has 0 spiro atoms. The molecule has 0 fully saturated rings. The van der Waals surface area contributed by atoms with Gasteiger partial charge in [0.05, 0.1) is 12.2 Å². The minimum Gasteiger partial charge on any atom is -0.338 e. The van der Waals surface area contributed by atoms with Crippen LogP contribution >= 0.6 is 0 Å². The maximum absolute atomic E-state index is 14.0. The van der Waals surface area contributed by atoms with Crippen molar-refractivity contribution in [2.24, 2.45) is 13.0 Å². The molecule has 0 saturated heterocycles. The summed E-state index contributed by atoms with van der Waals surface area (Å²) in [6, 6.07) is 4.74. The van der Waals surface area contributed by atoms with Crippen molar-refractivity contribution < 1.29 is 9.18 Å². The van der Waals surface area contributed by atoms with E-state index in [1.807, 2.05) is 19.3 Å². The summed E-state index contributed by atoms with van der Waals surface area (Å²) < 4.78 is 15.7. The van der Waals surface area contributed by atoms with E-state index >= 15 is 0 Å². The summed E-state index contributed by atoms with van der Waals surface area (Å²) >= 11 is 0. The molecule has 2 aromatic rings. The van der Waals surface area contributed by atoms with Gasteiger partial charge in [-0.2, -0.15) is 5.10 Å². The van der Waals surface area contributed by atoms with Gasteiger partial charge in [0.1, 0.15) is 5.82 Å². The second-order valence-electron chi connectivity index (χ2n) is 6.47. The first kappa shape index (κ1) is 16.5. The Hall–Kier alpha value is -2.37. The zero-order valence-corrected chi connectivity index (χ0v) is 14.1. The third-order valence-electron chi connectivity index (χ3n) is 4.65. The van der Waals surface area contributed by atoms with Crippen LogP contribution in [0.4, 0.5) is 9.18 Å². The third-order valence-corrected chi connectivity index (χ3v) is 4.65. The standard InChI is InChI=1S/C18H23FN4O/c1-12-6-7-14-15(4-3-5-16(14)19)17(12)22-18(24)20-9-8-13-10-21-23(2)11-13/h3-5,10-12,17H,6-9H2,1-2H3,(H2,20,22,24)/t12-,17-/m0/s1. The summed E-state index contributed by atoms with van der Waals surface area (Å²) in [6.45, 7) is 2.63. The van der Waals surface area contributed by atoms with Crippen LogP contribution in [-0.2, 0) is 19.9 Å². The molecule has 0 radical (unpaired) electrons. The number of nitrogens with zero attached hydrogens (tertiary/aromatic N) is 2. The van der Waals surface area contributed by atoms with Crippen LogP contribution in [-0.4, -0.2) is 22.4 Å². The molecule has 6 heteroatoms. The fraction of sp³-hybridized carbons (Fsp3) is 0.444. The van der Waals surface area contributed by atoms with E-state index in [-0.39, 0.29) is 23.8 Å². The number of hydrogen-bond donors (Lipinski definition) is 2. The van der Waals surface area contributed by atoms with Crippen molar-refractivity contribution in [3.63, 3.8) is 0 Å². The molecule has 1 aliphatic carbocycles. The maximum atomic E-state index is 14.0. The van der Waals surface area contributed by atoms with Gasteiger partial charge in [0.25, 0.3) is 0 Å². The van der Waals surface area contributed by atoms with Gasteiger partial charge in [-0.05, 0) is 47.9 Å². The molecule has 1 aromatic carbocycles. The predicted molar refractivity (Wildman–Crippen MR) is 90.1 cm³/mol. The first-order chi connectivity index (χ1) is 11.5. The van der Waals surface area contributed by atoms with E-state index in [0.717, 1.165) is 36.0 Å². The number of carbonyl (C=O) groups excluding carboxylic acids is 1. The SMILES string of the molecule is C[C@H]1CCc2c(F)cccc2[C@H]1NC(=O)NCCc1cnn(C)c1. The van der Waals surface area contributed by atoms with Crippen LogP contribution in [0.2, 0.25) is 0 Å². The number of carbonyl (C=O) groups is 1. The Morgan fingerprint density at radius 1 is 1.46 bits per heavy atom. The van der Waals surface area contributed by atoms with Gasteiger partial charge in [0, 0.05) is 19.8 Å². The topological polar surface area (TPSA) is 59.0 Å². The van der Waals surface area contributed by atoms with Crippen molar-refractivity contribution in [3.8, 4) is 0 Å². The number of amides is 2. The summed E-state index contributed by atoms with van der Waals surface area (Å²) in [6.07, 6.45) is 6.05. The molecule has 1 aromatic heterocycles. The fourth-order valence-electron chi connectivity index (χ4n) is 3.31. The monoisotopic (exact) mass is 330 g/mol. The van der Waals surface area contributed by atoms with E-state index in [9.17, 15) is 9.18 Å². The number of fused-ring (bicyclic) bond motifs is 1. The minimum atomic E-state index is -0.215. The quantitative estimate of drug-likeness (QED) is 0.905. The summed E-state index contributed by atoms with van der Waals surface area (Å²) in [5.41, 5.74) is 2.71. The smallest absolute Gasteiger partial charge is 0.315 e. The van der Waals surface area contributed by atoms with Crippen LogP contribution in [0.3, 0.4) is 0 Å². The van der Waals surface area contributed by atoms with E-state index in [1.54, 1.807) is 16.9 Å². The Morgan fingerprint density at radius 2 is 2.29 bits per heavy atom. The van der Waals surface area contributed by atoms with Crippen LogP contribution in [0.1, 0.15) is 36.1 Å². The van der Waals surface area contributed by atoms with Gasteiger partial charge >= 0.3 is 6.03 Å². The van der Waals surface area contributed by atoms with Gasteiger partial charge in [-0.1, -0.05) is 19.1 Å². The minimum absolute atomic E-state index is 0.150. The van der Waals surface area contributed by atoms with Crippen molar-refractivity contribution in [2.75, 3.05) is 6.54 Å². The molecule has 2 atom stereocenters. The van der Waals surface area contributed by atoms with Gasteiger partial charge in [-0.25, -0.2) is 9.18 Å². The van der Waals surface area contributed by atoms with Crippen molar-refractivity contribution in [1.82, 2.24) is 20.4 Å². The van der Waals surface area contributed by atoms with E-state index in [1.165, 1.54) is 6.07 Å². The van der Waals surface area contributed by atoms with Crippen LogP contribution < -0.4 is 10.6 Å². The lowest BCUT2D eigenvalue weighted by molar-refractivity contribution is 0.229. The molecule has 3 rings (SSSR count). The largest absolute Gasteiger partial charge is 0.338 e. The zero-order valence-electron chi connectivity index (χ0n) is 14.1. The lowest BCUT2D eigenvalue weighted by atomic mass is 9.80. The first-order valence-electron chi connectivity index (χ1n) is 8.34. The first-order valence-corrected chi connectivity index (χ1v) is 8.34. The summed E-state index contributed by atoms with van der Waals surface area (Å²) in [5.74, 6) is 0.103. The van der Waals surface area contributed by atoms with Crippen molar-refractivity contribution in [3.05, 3.63) is 53.1 Å². The van der Waals surface area contributed by atoms with Crippen LogP contribution in [0.25, 0.3) is 0 Å². The van der Waals surface area contributed by atoms with E-state index < -0.39 is 0 Å². The van der Waals surface area contributed by atoms with Gasteiger partial charge in [-0.15, -0.1) is 0 Å². The highest BCUT2D eigenvalue weighted by molar-refractivity contribution is 5.74. The number of aryl methyl sites for hydroxylation is 1. The molecule has 2 N–H and O–H groups in total. The molecular formula is C18H23FN4O. The summed E-state index contributed by atoms with van der Waals surface area (Å²) in [7, 11) is 1.87. The highest BCUT2D eigenvalue weighted by Crippen LogP contribution is 2.35. The molecule has 1 aliphatic rings.